The largest absolute Gasteiger partial charge is 0.457 e. The summed E-state index contributed by atoms with van der Waals surface area (Å²) in [6.07, 6.45) is 1.73. The molecule has 5 rings (SSSR count). The number of carbonyl (C=O) groups excluding carboxylic acids is 4. The van der Waals surface area contributed by atoms with Gasteiger partial charge >= 0.3 is 12.1 Å². The van der Waals surface area contributed by atoms with Crippen LogP contribution in [0.5, 0.6) is 0 Å². The van der Waals surface area contributed by atoms with Crippen LogP contribution >= 0.6 is 0 Å². The first-order valence-electron chi connectivity index (χ1n) is 19.4. The predicted octanol–water partition coefficient (Wildman–Crippen LogP) is 5.11. The molecule has 13 nitrogen and oxygen atoms in total. The number of aliphatic hydroxyl groups is 1. The number of ether oxygens (including phenoxy) is 5. The first kappa shape index (κ1) is 42.4. The Bertz CT molecular complexity index is 1750. The number of esters is 1. The molecule has 302 valence electrons. The molecule has 55 heavy (non-hydrogen) atoms. The number of hydrogen-bond donors (Lipinski definition) is 2. The summed E-state index contributed by atoms with van der Waals surface area (Å²) in [6.45, 7) is 12.0. The van der Waals surface area contributed by atoms with Crippen LogP contribution in [0, 0.1) is 23.7 Å². The first-order chi connectivity index (χ1) is 25.9. The number of fused-ring (bicyclic) bond motifs is 2. The average molecular weight is 766 g/mol. The molecule has 1 aromatic heterocycles. The molecule has 13 heteroatoms. The molecule has 1 aromatic carbocycles. The van der Waals surface area contributed by atoms with Crippen molar-refractivity contribution in [3.8, 4) is 0 Å². The van der Waals surface area contributed by atoms with Crippen molar-refractivity contribution in [2.75, 3.05) is 21.2 Å². The molecular formula is C42H59N3O10. The van der Waals surface area contributed by atoms with Crippen LogP contribution in [0.2, 0.25) is 0 Å². The third-order valence-corrected chi connectivity index (χ3v) is 12.1. The quantitative estimate of drug-likeness (QED) is 0.270. The van der Waals surface area contributed by atoms with Gasteiger partial charge in [0.25, 0.3) is 0 Å². The number of likely N-dealkylation sites (N-methyl/N-ethyl adjacent to an activating group) is 1. The normalized spacial score (nSPS) is 38.1. The van der Waals surface area contributed by atoms with E-state index in [9.17, 15) is 24.3 Å². The fourth-order valence-electron chi connectivity index (χ4n) is 8.69. The number of cyclic esters (lactones) is 1. The number of hydrogen-bond acceptors (Lipinski definition) is 12. The van der Waals surface area contributed by atoms with E-state index in [2.05, 4.69) is 10.3 Å². The number of nitrogens with one attached hydrogen (secondary N) is 1. The van der Waals surface area contributed by atoms with Gasteiger partial charge in [-0.2, -0.15) is 0 Å². The minimum Gasteiger partial charge on any atom is -0.457 e. The molecule has 3 aliphatic heterocycles. The van der Waals surface area contributed by atoms with E-state index in [-0.39, 0.29) is 30.8 Å². The molecule has 1 amide bonds. The summed E-state index contributed by atoms with van der Waals surface area (Å²) < 4.78 is 30.9. The van der Waals surface area contributed by atoms with Gasteiger partial charge in [-0.05, 0) is 85.2 Å². The molecule has 13 atom stereocenters. The predicted molar refractivity (Wildman–Crippen MR) is 206 cm³/mol. The van der Waals surface area contributed by atoms with Crippen molar-refractivity contribution in [3.63, 3.8) is 0 Å². The number of benzene rings is 1. The lowest BCUT2D eigenvalue weighted by molar-refractivity contribution is -0.295. The van der Waals surface area contributed by atoms with Gasteiger partial charge in [-0.1, -0.05) is 51.1 Å². The number of rotatable bonds is 8. The van der Waals surface area contributed by atoms with Crippen LogP contribution in [-0.2, 0) is 38.1 Å². The molecule has 2 aromatic rings. The summed E-state index contributed by atoms with van der Waals surface area (Å²) in [4.78, 5) is 62.1. The van der Waals surface area contributed by atoms with Crippen LogP contribution in [0.4, 0.5) is 4.79 Å². The standard InChI is InChI=1S/C42H59N3O10/c1-23-21-41(6,51-10)37(54-39-35(48)31(45(8)9)19-24(2)52-39)26(4)34(47)27(5)38(49)53-32(42(7)36(25(3)33(23)46)44-40(50)55-42)18-14-11-15-28-20-29-16-12-13-17-30(29)43-22-28/h11-13,15-17,20,22-27,31-32,35-37,39,48H,14,18-19,21H2,1-10H3,(H,44,50)/t23-,24?,25+,26+,27-,31?,32-,35?,36?,37?,39?,41-,42-/m1/s1. The summed E-state index contributed by atoms with van der Waals surface area (Å²) in [6, 6.07) is 8.70. The highest BCUT2D eigenvalue weighted by Gasteiger charge is 2.57. The highest BCUT2D eigenvalue weighted by molar-refractivity contribution is 6.00. The second-order valence-electron chi connectivity index (χ2n) is 16.4. The summed E-state index contributed by atoms with van der Waals surface area (Å²) in [7, 11) is 5.22. The van der Waals surface area contributed by atoms with Crippen LogP contribution in [0.1, 0.15) is 79.7 Å². The Hall–Kier alpha value is -3.75. The second kappa shape index (κ2) is 17.2. The Balaban J connectivity index is 1.48. The van der Waals surface area contributed by atoms with Gasteiger partial charge in [-0.3, -0.25) is 19.4 Å². The number of aliphatic hydroxyl groups excluding tert-OH is 1. The number of amides is 1. The number of nitrogens with zero attached hydrogens (tertiary/aromatic N) is 2. The third-order valence-electron chi connectivity index (χ3n) is 12.1. The zero-order valence-corrected chi connectivity index (χ0v) is 33.8. The van der Waals surface area contributed by atoms with E-state index in [1.807, 2.05) is 68.4 Å². The SMILES string of the molecule is CO[C@]1(C)C[C@@H](C)C(=O)[C@H](C)C2NC(=O)O[C@]2(C)[C@@H](CCC=Cc2cnc3ccccc3c2)OC(=O)[C@H](C)C(=O)[C@H](C)C1OC1OC(C)CC(N(C)C)C1O. The van der Waals surface area contributed by atoms with Gasteiger partial charge in [0, 0.05) is 42.5 Å². The number of Topliss-reactive ketones (excluding diaryl/α,β-unsaturated/α-hetero) is 2. The molecule has 3 saturated heterocycles. The number of para-hydroxylation sites is 1. The second-order valence-corrected chi connectivity index (χ2v) is 16.4. The fraction of sp³-hybridized carbons (Fsp3) is 0.643. The summed E-state index contributed by atoms with van der Waals surface area (Å²) >= 11 is 0. The van der Waals surface area contributed by atoms with Gasteiger partial charge in [-0.15, -0.1) is 0 Å². The van der Waals surface area contributed by atoms with Crippen molar-refractivity contribution in [1.29, 1.82) is 0 Å². The maximum atomic E-state index is 14.3. The Kier molecular flexibility index (Phi) is 13.2. The van der Waals surface area contributed by atoms with E-state index in [0.717, 1.165) is 16.5 Å². The van der Waals surface area contributed by atoms with Gasteiger partial charge in [0.05, 0.1) is 29.4 Å². The van der Waals surface area contributed by atoms with E-state index >= 15 is 0 Å². The zero-order valence-electron chi connectivity index (χ0n) is 33.8. The van der Waals surface area contributed by atoms with E-state index in [1.54, 1.807) is 40.8 Å². The molecule has 0 bridgehead atoms. The van der Waals surface area contributed by atoms with Crippen molar-refractivity contribution in [2.45, 2.75) is 128 Å². The van der Waals surface area contributed by atoms with Gasteiger partial charge in [0.15, 0.2) is 17.7 Å². The topological polar surface area (TPSA) is 163 Å². The Morgan fingerprint density at radius 3 is 2.44 bits per heavy atom. The number of carbonyl (C=O) groups is 4. The summed E-state index contributed by atoms with van der Waals surface area (Å²) in [5.74, 6) is -5.08. The number of methoxy groups -OCH3 is 1. The third kappa shape index (κ3) is 8.96. The Morgan fingerprint density at radius 2 is 1.75 bits per heavy atom. The number of aromatic nitrogens is 1. The lowest BCUT2D eigenvalue weighted by Crippen LogP contribution is -2.60. The highest BCUT2D eigenvalue weighted by atomic mass is 16.7. The first-order valence-corrected chi connectivity index (χ1v) is 19.4. The summed E-state index contributed by atoms with van der Waals surface area (Å²) in [5, 5.41) is 15.2. The fourth-order valence-corrected chi connectivity index (χ4v) is 8.69. The molecule has 3 fully saturated rings. The smallest absolute Gasteiger partial charge is 0.408 e. The van der Waals surface area contributed by atoms with E-state index in [4.69, 9.17) is 23.7 Å². The number of pyridine rings is 1. The van der Waals surface area contributed by atoms with Crippen LogP contribution in [0.15, 0.2) is 42.6 Å². The molecule has 6 unspecified atom stereocenters. The molecule has 0 radical (unpaired) electrons. The van der Waals surface area contributed by atoms with Crippen molar-refractivity contribution < 1.29 is 48.0 Å². The van der Waals surface area contributed by atoms with Crippen molar-refractivity contribution in [3.05, 3.63) is 48.2 Å². The maximum Gasteiger partial charge on any atom is 0.408 e. The molecule has 0 spiro atoms. The molecule has 4 heterocycles. The molecule has 0 saturated carbocycles. The zero-order chi connectivity index (χ0) is 40.4. The molecule has 2 N–H and O–H groups in total. The van der Waals surface area contributed by atoms with Crippen molar-refractivity contribution in [2.24, 2.45) is 23.7 Å². The highest BCUT2D eigenvalue weighted by Crippen LogP contribution is 2.40. The Labute approximate surface area is 324 Å². The monoisotopic (exact) mass is 765 g/mol. The van der Waals surface area contributed by atoms with Gasteiger partial charge in [-0.25, -0.2) is 4.79 Å². The molecular weight excluding hydrogens is 706 g/mol. The van der Waals surface area contributed by atoms with Crippen LogP contribution in [0.25, 0.3) is 17.0 Å². The van der Waals surface area contributed by atoms with Crippen molar-refractivity contribution in [1.82, 2.24) is 15.2 Å². The van der Waals surface area contributed by atoms with Crippen molar-refractivity contribution >= 4 is 40.6 Å². The lowest BCUT2D eigenvalue weighted by atomic mass is 9.73. The maximum absolute atomic E-state index is 14.3. The van der Waals surface area contributed by atoms with Crippen LogP contribution in [-0.4, -0.2) is 114 Å². The van der Waals surface area contributed by atoms with Crippen LogP contribution < -0.4 is 5.32 Å². The minimum absolute atomic E-state index is 0.124. The number of ketones is 2. The summed E-state index contributed by atoms with van der Waals surface area (Å²) in [5.41, 5.74) is -0.931. The van der Waals surface area contributed by atoms with Crippen LogP contribution in [0.3, 0.4) is 0 Å². The molecule has 0 aliphatic carbocycles. The number of alkyl carbamates (subject to hydrolysis) is 1. The molecule has 3 aliphatic rings. The van der Waals surface area contributed by atoms with Gasteiger partial charge in [0.2, 0.25) is 0 Å². The minimum atomic E-state index is -1.44. The Morgan fingerprint density at radius 1 is 1.04 bits per heavy atom. The lowest BCUT2D eigenvalue weighted by Gasteiger charge is -2.47. The van der Waals surface area contributed by atoms with Gasteiger partial charge < -0.3 is 39.0 Å². The van der Waals surface area contributed by atoms with E-state index in [1.165, 1.54) is 14.0 Å². The van der Waals surface area contributed by atoms with E-state index < -0.39 is 83.4 Å². The average Bonchev–Trinajstić information content (AvgIpc) is 3.47. The van der Waals surface area contributed by atoms with Gasteiger partial charge in [0.1, 0.15) is 23.9 Å². The number of allylic oxidation sites excluding steroid dienone is 1. The van der Waals surface area contributed by atoms with E-state index in [0.29, 0.717) is 12.8 Å².